The van der Waals surface area contributed by atoms with Gasteiger partial charge >= 0.3 is 11.9 Å². The van der Waals surface area contributed by atoms with Crippen molar-refractivity contribution in [1.82, 2.24) is 5.32 Å². The molecule has 2 N–H and O–H groups in total. The zero-order valence-corrected chi connectivity index (χ0v) is 24.4. The highest BCUT2D eigenvalue weighted by molar-refractivity contribution is 5.90. The molecule has 0 fully saturated rings. The molecule has 6 heteroatoms. The standard InChI is InChI=1S/C36H41NO5/c1-3-4-5-6-7-15-22-36(2,35(40)41)37-34(39)27(23-26-16-9-8-10-17-26)24-33(38)42-25-32-30-20-13-11-18-28(30)29-19-12-14-21-31(29)32/h3,8-14,16-21,27,32H,1,4-7,15,22-25H2,2H3,(H,37,39)(H,40,41)/t27-,36+/m0/s1. The summed E-state index contributed by atoms with van der Waals surface area (Å²) in [6.07, 6.45) is 6.82. The predicted molar refractivity (Wildman–Crippen MR) is 165 cm³/mol. The first-order chi connectivity index (χ1) is 20.3. The SMILES string of the molecule is C=CCCCCCC[C@@](C)(NC(=O)[C@H](CC(=O)OCC1c2ccccc2-c2ccccc21)Cc1ccccc1)C(=O)O. The maximum Gasteiger partial charge on any atom is 0.329 e. The van der Waals surface area contributed by atoms with E-state index in [1.54, 1.807) is 6.92 Å². The number of carboxylic acid groups (broad SMARTS) is 1. The van der Waals surface area contributed by atoms with Crippen LogP contribution in [0.15, 0.2) is 91.5 Å². The molecule has 0 radical (unpaired) electrons. The molecule has 0 unspecified atom stereocenters. The summed E-state index contributed by atoms with van der Waals surface area (Å²) in [6.45, 7) is 5.45. The predicted octanol–water partition coefficient (Wildman–Crippen LogP) is 7.08. The van der Waals surface area contributed by atoms with Gasteiger partial charge in [0.25, 0.3) is 0 Å². The van der Waals surface area contributed by atoms with Gasteiger partial charge in [-0.15, -0.1) is 6.58 Å². The minimum Gasteiger partial charge on any atom is -0.480 e. The molecule has 0 bridgehead atoms. The fraction of sp³-hybridized carbons (Fsp3) is 0.361. The van der Waals surface area contributed by atoms with E-state index in [4.69, 9.17) is 4.74 Å². The maximum absolute atomic E-state index is 13.6. The Bertz CT molecular complexity index is 1340. The summed E-state index contributed by atoms with van der Waals surface area (Å²) < 4.78 is 5.80. The van der Waals surface area contributed by atoms with E-state index in [-0.39, 0.29) is 18.9 Å². The molecule has 0 aromatic heterocycles. The molecule has 6 nitrogen and oxygen atoms in total. The molecule has 0 saturated carbocycles. The minimum atomic E-state index is -1.42. The molecule has 1 aliphatic carbocycles. The number of ether oxygens (including phenoxy) is 1. The van der Waals surface area contributed by atoms with Gasteiger partial charge in [0.15, 0.2) is 0 Å². The van der Waals surface area contributed by atoms with Gasteiger partial charge in [0.2, 0.25) is 5.91 Å². The molecule has 0 aliphatic heterocycles. The normalized spacial score (nSPS) is 14.2. The summed E-state index contributed by atoms with van der Waals surface area (Å²) in [7, 11) is 0. The van der Waals surface area contributed by atoms with Crippen LogP contribution < -0.4 is 5.32 Å². The van der Waals surface area contributed by atoms with Gasteiger partial charge in [-0.1, -0.05) is 104 Å². The van der Waals surface area contributed by atoms with Gasteiger partial charge in [-0.25, -0.2) is 4.79 Å². The van der Waals surface area contributed by atoms with Crippen LogP contribution in [-0.4, -0.2) is 35.1 Å². The van der Waals surface area contributed by atoms with Crippen molar-refractivity contribution in [2.75, 3.05) is 6.61 Å². The van der Waals surface area contributed by atoms with Crippen molar-refractivity contribution >= 4 is 17.8 Å². The smallest absolute Gasteiger partial charge is 0.329 e. The Balaban J connectivity index is 1.43. The summed E-state index contributed by atoms with van der Waals surface area (Å²) in [5.41, 5.74) is 3.99. The van der Waals surface area contributed by atoms with Gasteiger partial charge in [0, 0.05) is 5.92 Å². The lowest BCUT2D eigenvalue weighted by molar-refractivity contribution is -0.150. The van der Waals surface area contributed by atoms with Crippen LogP contribution in [0.3, 0.4) is 0 Å². The van der Waals surface area contributed by atoms with Gasteiger partial charge in [0.05, 0.1) is 12.3 Å². The molecule has 0 heterocycles. The van der Waals surface area contributed by atoms with Crippen molar-refractivity contribution in [3.8, 4) is 11.1 Å². The Hall–Kier alpha value is -4.19. The molecule has 42 heavy (non-hydrogen) atoms. The first-order valence-corrected chi connectivity index (χ1v) is 14.9. The Kier molecular flexibility index (Phi) is 10.7. The highest BCUT2D eigenvalue weighted by Crippen LogP contribution is 2.44. The second-order valence-electron chi connectivity index (χ2n) is 11.4. The van der Waals surface area contributed by atoms with E-state index in [0.29, 0.717) is 19.3 Å². The van der Waals surface area contributed by atoms with E-state index in [0.717, 1.165) is 53.5 Å². The average Bonchev–Trinajstić information content (AvgIpc) is 3.31. The lowest BCUT2D eigenvalue weighted by Gasteiger charge is -2.29. The van der Waals surface area contributed by atoms with Gasteiger partial charge in [-0.2, -0.15) is 0 Å². The zero-order valence-electron chi connectivity index (χ0n) is 24.4. The Morgan fingerprint density at radius 2 is 1.50 bits per heavy atom. The van der Waals surface area contributed by atoms with Gasteiger partial charge in [0.1, 0.15) is 12.1 Å². The lowest BCUT2D eigenvalue weighted by atomic mass is 9.90. The molecule has 3 aromatic rings. The second kappa shape index (κ2) is 14.6. The van der Waals surface area contributed by atoms with E-state index < -0.39 is 29.3 Å². The van der Waals surface area contributed by atoms with E-state index >= 15 is 0 Å². The summed E-state index contributed by atoms with van der Waals surface area (Å²) in [5.74, 6) is -2.86. The van der Waals surface area contributed by atoms with Crippen LogP contribution in [0.25, 0.3) is 11.1 Å². The number of hydrogen-bond acceptors (Lipinski definition) is 4. The Morgan fingerprint density at radius 1 is 0.905 bits per heavy atom. The molecule has 0 spiro atoms. The van der Waals surface area contributed by atoms with Crippen LogP contribution in [0.5, 0.6) is 0 Å². The zero-order chi connectivity index (χ0) is 30.0. The van der Waals surface area contributed by atoms with Gasteiger partial charge in [-0.3, -0.25) is 9.59 Å². The maximum atomic E-state index is 13.6. The highest BCUT2D eigenvalue weighted by Gasteiger charge is 2.37. The van der Waals surface area contributed by atoms with Crippen LogP contribution >= 0.6 is 0 Å². The number of carbonyl (C=O) groups excluding carboxylic acids is 2. The number of rotatable bonds is 16. The number of amides is 1. The van der Waals surface area contributed by atoms with Gasteiger partial charge in [-0.05, 0) is 60.4 Å². The van der Waals surface area contributed by atoms with Crippen molar-refractivity contribution in [3.05, 3.63) is 108 Å². The largest absolute Gasteiger partial charge is 0.480 e. The molecule has 1 aliphatic rings. The second-order valence-corrected chi connectivity index (χ2v) is 11.4. The fourth-order valence-electron chi connectivity index (χ4n) is 5.75. The third kappa shape index (κ3) is 7.75. The molecule has 220 valence electrons. The average molecular weight is 568 g/mol. The van der Waals surface area contributed by atoms with Crippen molar-refractivity contribution < 1.29 is 24.2 Å². The van der Waals surface area contributed by atoms with E-state index in [1.807, 2.05) is 60.7 Å². The molecular weight excluding hydrogens is 526 g/mol. The number of fused-ring (bicyclic) bond motifs is 3. The van der Waals surface area contributed by atoms with Gasteiger partial charge < -0.3 is 15.2 Å². The quantitative estimate of drug-likeness (QED) is 0.110. The van der Waals surface area contributed by atoms with Crippen LogP contribution in [0.1, 0.15) is 74.5 Å². The lowest BCUT2D eigenvalue weighted by Crippen LogP contribution is -2.54. The number of aliphatic carboxylic acids is 1. The van der Waals surface area contributed by atoms with Crippen LogP contribution in [0, 0.1) is 5.92 Å². The first-order valence-electron chi connectivity index (χ1n) is 14.9. The number of carbonyl (C=O) groups is 3. The number of unbranched alkanes of at least 4 members (excludes halogenated alkanes) is 4. The number of allylic oxidation sites excluding steroid dienone is 1. The Morgan fingerprint density at radius 3 is 2.12 bits per heavy atom. The van der Waals surface area contributed by atoms with Crippen molar-refractivity contribution in [2.45, 2.75) is 69.7 Å². The van der Waals surface area contributed by atoms with E-state index in [9.17, 15) is 19.5 Å². The third-order valence-electron chi connectivity index (χ3n) is 8.19. The molecular formula is C36H41NO5. The number of benzene rings is 3. The number of hydrogen-bond donors (Lipinski definition) is 2. The van der Waals surface area contributed by atoms with Crippen LogP contribution in [-0.2, 0) is 25.5 Å². The summed E-state index contributed by atoms with van der Waals surface area (Å²) in [5, 5.41) is 12.8. The molecule has 1 amide bonds. The highest BCUT2D eigenvalue weighted by atomic mass is 16.5. The first kappa shape index (κ1) is 30.8. The third-order valence-corrected chi connectivity index (χ3v) is 8.19. The number of carboxylic acids is 1. The van der Waals surface area contributed by atoms with Crippen molar-refractivity contribution in [2.24, 2.45) is 5.92 Å². The van der Waals surface area contributed by atoms with Crippen molar-refractivity contribution in [3.63, 3.8) is 0 Å². The van der Waals surface area contributed by atoms with Crippen molar-refractivity contribution in [1.29, 1.82) is 0 Å². The minimum absolute atomic E-state index is 0.0791. The fourth-order valence-corrected chi connectivity index (χ4v) is 5.75. The summed E-state index contributed by atoms with van der Waals surface area (Å²) in [4.78, 5) is 39.0. The molecule has 4 rings (SSSR count). The molecule has 3 aromatic carbocycles. The van der Waals surface area contributed by atoms with E-state index in [1.165, 1.54) is 0 Å². The summed E-state index contributed by atoms with van der Waals surface area (Å²) >= 11 is 0. The number of nitrogens with one attached hydrogen (secondary N) is 1. The topological polar surface area (TPSA) is 92.7 Å². The molecule has 0 saturated heterocycles. The van der Waals surface area contributed by atoms with Crippen LogP contribution in [0.2, 0.25) is 0 Å². The summed E-state index contributed by atoms with van der Waals surface area (Å²) in [6, 6.07) is 25.7. The number of esters is 1. The Labute approximate surface area is 248 Å². The van der Waals surface area contributed by atoms with E-state index in [2.05, 4.69) is 36.2 Å². The van der Waals surface area contributed by atoms with Crippen LogP contribution in [0.4, 0.5) is 0 Å². The monoisotopic (exact) mass is 567 g/mol. The molecule has 2 atom stereocenters.